The number of benzene rings is 2. The molecule has 1 amide bonds. The average molecular weight is 392 g/mol. The van der Waals surface area contributed by atoms with Gasteiger partial charge >= 0.3 is 5.22 Å². The van der Waals surface area contributed by atoms with Gasteiger partial charge in [0.05, 0.1) is 12.3 Å². The molecule has 0 aliphatic rings. The third-order valence-corrected chi connectivity index (χ3v) is 5.08. The predicted molar refractivity (Wildman–Crippen MR) is 94.3 cm³/mol. The van der Waals surface area contributed by atoms with E-state index >= 15 is 0 Å². The summed E-state index contributed by atoms with van der Waals surface area (Å²) in [6, 6.07) is 15.0. The third kappa shape index (κ3) is 4.47. The van der Waals surface area contributed by atoms with Crippen LogP contribution in [0.2, 0.25) is 5.02 Å². The maximum atomic E-state index is 12.3. The molecule has 1 heterocycles. The van der Waals surface area contributed by atoms with Gasteiger partial charge in [0.15, 0.2) is 0 Å². The van der Waals surface area contributed by atoms with Crippen LogP contribution in [0, 0.1) is 0 Å². The third-order valence-electron chi connectivity index (χ3n) is 3.42. The Hall–Kier alpha value is -2.71. The molecule has 1 N–H and O–H groups in total. The second-order valence-electron chi connectivity index (χ2n) is 5.40. The number of rotatable bonds is 6. The highest BCUT2D eigenvalue weighted by Crippen LogP contribution is 2.17. The second-order valence-corrected chi connectivity index (χ2v) is 7.70. The molecule has 3 rings (SSSR count). The number of halogens is 1. The van der Waals surface area contributed by atoms with Crippen molar-refractivity contribution in [2.24, 2.45) is 0 Å². The minimum atomic E-state index is -3.79. The van der Waals surface area contributed by atoms with Crippen LogP contribution >= 0.6 is 11.6 Å². The Kier molecular flexibility index (Phi) is 5.34. The standard InChI is InChI=1S/C17H14ClN3O4S/c18-14-8-6-12(7-9-14)11-26(23,24)17-21-20-15(25-17)10-19-16(22)13-4-2-1-3-5-13/h1-9H,10-11H2,(H,19,22). The number of sulfone groups is 1. The topological polar surface area (TPSA) is 102 Å². The molecule has 9 heteroatoms. The van der Waals surface area contributed by atoms with Gasteiger partial charge in [0.25, 0.3) is 5.91 Å². The highest BCUT2D eigenvalue weighted by Gasteiger charge is 2.23. The van der Waals surface area contributed by atoms with Gasteiger partial charge in [-0.15, -0.1) is 5.10 Å². The molecule has 0 bridgehead atoms. The van der Waals surface area contributed by atoms with Gasteiger partial charge in [-0.25, -0.2) is 8.42 Å². The highest BCUT2D eigenvalue weighted by molar-refractivity contribution is 7.90. The van der Waals surface area contributed by atoms with Crippen LogP contribution in [0.1, 0.15) is 21.8 Å². The molecule has 0 saturated carbocycles. The minimum Gasteiger partial charge on any atom is -0.411 e. The van der Waals surface area contributed by atoms with Crippen LogP contribution in [-0.4, -0.2) is 24.5 Å². The lowest BCUT2D eigenvalue weighted by Gasteiger charge is -2.02. The molecule has 26 heavy (non-hydrogen) atoms. The van der Waals surface area contributed by atoms with Gasteiger partial charge in [-0.1, -0.05) is 47.0 Å². The number of hydrogen-bond acceptors (Lipinski definition) is 6. The molecule has 134 valence electrons. The van der Waals surface area contributed by atoms with E-state index in [1.807, 2.05) is 0 Å². The van der Waals surface area contributed by atoms with Gasteiger partial charge in [-0.05, 0) is 29.8 Å². The number of carbonyl (C=O) groups is 1. The van der Waals surface area contributed by atoms with Crippen molar-refractivity contribution in [3.8, 4) is 0 Å². The largest absolute Gasteiger partial charge is 0.411 e. The minimum absolute atomic E-state index is 0.00367. The lowest BCUT2D eigenvalue weighted by Crippen LogP contribution is -2.22. The lowest BCUT2D eigenvalue weighted by atomic mass is 10.2. The van der Waals surface area contributed by atoms with E-state index in [2.05, 4.69) is 15.5 Å². The first-order valence-electron chi connectivity index (χ1n) is 7.57. The lowest BCUT2D eigenvalue weighted by molar-refractivity contribution is 0.0946. The number of nitrogens with zero attached hydrogens (tertiary/aromatic N) is 2. The van der Waals surface area contributed by atoms with Gasteiger partial charge in [0, 0.05) is 10.6 Å². The Balaban J connectivity index is 1.65. The zero-order valence-electron chi connectivity index (χ0n) is 13.4. The number of amides is 1. The van der Waals surface area contributed by atoms with Gasteiger partial charge in [0.2, 0.25) is 15.7 Å². The zero-order chi connectivity index (χ0) is 18.6. The summed E-state index contributed by atoms with van der Waals surface area (Å²) in [7, 11) is -3.79. The van der Waals surface area contributed by atoms with Crippen molar-refractivity contribution >= 4 is 27.3 Å². The van der Waals surface area contributed by atoms with Crippen LogP contribution in [0.5, 0.6) is 0 Å². The Morgan fingerprint density at radius 3 is 2.42 bits per heavy atom. The summed E-state index contributed by atoms with van der Waals surface area (Å²) in [6.07, 6.45) is 0. The van der Waals surface area contributed by atoms with Crippen molar-refractivity contribution in [3.63, 3.8) is 0 Å². The Bertz CT molecular complexity index is 1000. The molecule has 2 aromatic carbocycles. The van der Waals surface area contributed by atoms with Gasteiger partial charge in [0.1, 0.15) is 0 Å². The van der Waals surface area contributed by atoms with Crippen LogP contribution < -0.4 is 5.32 Å². The van der Waals surface area contributed by atoms with Crippen molar-refractivity contribution in [2.45, 2.75) is 17.5 Å². The van der Waals surface area contributed by atoms with E-state index in [9.17, 15) is 13.2 Å². The number of nitrogens with one attached hydrogen (secondary N) is 1. The van der Waals surface area contributed by atoms with Crippen LogP contribution in [0.15, 0.2) is 64.2 Å². The molecule has 0 aliphatic heterocycles. The van der Waals surface area contributed by atoms with Crippen molar-refractivity contribution in [3.05, 3.63) is 76.6 Å². The first-order chi connectivity index (χ1) is 12.4. The smallest absolute Gasteiger partial charge is 0.335 e. The van der Waals surface area contributed by atoms with Crippen molar-refractivity contribution < 1.29 is 17.6 Å². The molecular weight excluding hydrogens is 378 g/mol. The van der Waals surface area contributed by atoms with Gasteiger partial charge in [-0.2, -0.15) is 0 Å². The van der Waals surface area contributed by atoms with Crippen LogP contribution in [0.3, 0.4) is 0 Å². The monoisotopic (exact) mass is 391 g/mol. The summed E-state index contributed by atoms with van der Waals surface area (Å²) < 4.78 is 29.9. The molecule has 0 unspecified atom stereocenters. The van der Waals surface area contributed by atoms with E-state index in [-0.39, 0.29) is 24.1 Å². The summed E-state index contributed by atoms with van der Waals surface area (Å²) in [5, 5.41) is 9.86. The maximum Gasteiger partial charge on any atom is 0.335 e. The van der Waals surface area contributed by atoms with Crippen LogP contribution in [0.25, 0.3) is 0 Å². The number of aromatic nitrogens is 2. The molecule has 1 aromatic heterocycles. The van der Waals surface area contributed by atoms with Crippen molar-refractivity contribution in [2.75, 3.05) is 0 Å². The molecule has 7 nitrogen and oxygen atoms in total. The van der Waals surface area contributed by atoms with E-state index in [4.69, 9.17) is 16.0 Å². The number of carbonyl (C=O) groups excluding carboxylic acids is 1. The fourth-order valence-electron chi connectivity index (χ4n) is 2.14. The average Bonchev–Trinajstić information content (AvgIpc) is 3.12. The van der Waals surface area contributed by atoms with E-state index in [1.165, 1.54) is 0 Å². The summed E-state index contributed by atoms with van der Waals surface area (Å²) in [6.45, 7) is -0.0722. The first-order valence-corrected chi connectivity index (χ1v) is 9.60. The highest BCUT2D eigenvalue weighted by atomic mass is 35.5. The Labute approximate surface area is 154 Å². The first kappa shape index (κ1) is 18.1. The van der Waals surface area contributed by atoms with E-state index in [1.54, 1.807) is 54.6 Å². The SMILES string of the molecule is O=C(NCc1nnc(S(=O)(=O)Cc2ccc(Cl)cc2)o1)c1ccccc1. The fraction of sp³-hybridized carbons (Fsp3) is 0.118. The molecule has 0 radical (unpaired) electrons. The van der Waals surface area contributed by atoms with E-state index < -0.39 is 15.1 Å². The molecule has 0 saturated heterocycles. The Morgan fingerprint density at radius 2 is 1.73 bits per heavy atom. The van der Waals surface area contributed by atoms with Gasteiger partial charge < -0.3 is 9.73 Å². The molecule has 3 aromatic rings. The zero-order valence-corrected chi connectivity index (χ0v) is 15.0. The normalized spacial score (nSPS) is 11.3. The summed E-state index contributed by atoms with van der Waals surface area (Å²) in [4.78, 5) is 12.0. The fourth-order valence-corrected chi connectivity index (χ4v) is 3.41. The van der Waals surface area contributed by atoms with E-state index in [0.29, 0.717) is 16.1 Å². The van der Waals surface area contributed by atoms with Crippen molar-refractivity contribution in [1.82, 2.24) is 15.5 Å². The molecule has 0 atom stereocenters. The van der Waals surface area contributed by atoms with Crippen LogP contribution in [-0.2, 0) is 22.1 Å². The molecule has 0 spiro atoms. The predicted octanol–water partition coefficient (Wildman–Crippen LogP) is 2.63. The van der Waals surface area contributed by atoms with Gasteiger partial charge in [-0.3, -0.25) is 4.79 Å². The van der Waals surface area contributed by atoms with E-state index in [0.717, 1.165) is 0 Å². The summed E-state index contributed by atoms with van der Waals surface area (Å²) in [5.74, 6) is -0.610. The van der Waals surface area contributed by atoms with Crippen LogP contribution in [0.4, 0.5) is 0 Å². The molecule has 0 fully saturated rings. The maximum absolute atomic E-state index is 12.3. The number of hydrogen-bond donors (Lipinski definition) is 1. The molecule has 0 aliphatic carbocycles. The molecular formula is C17H14ClN3O4S. The van der Waals surface area contributed by atoms with Crippen molar-refractivity contribution in [1.29, 1.82) is 0 Å². The summed E-state index contributed by atoms with van der Waals surface area (Å²) >= 11 is 5.78. The second kappa shape index (κ2) is 7.67. The summed E-state index contributed by atoms with van der Waals surface area (Å²) in [5.41, 5.74) is 1.02. The Morgan fingerprint density at radius 1 is 1.04 bits per heavy atom. The quantitative estimate of drug-likeness (QED) is 0.693.